The van der Waals surface area contributed by atoms with E-state index in [0.717, 1.165) is 6.07 Å². The first kappa shape index (κ1) is 11.9. The maximum absolute atomic E-state index is 12.9. The third-order valence-corrected chi connectivity index (χ3v) is 3.19. The van der Waals surface area contributed by atoms with Gasteiger partial charge in [0.25, 0.3) is 0 Å². The predicted molar refractivity (Wildman–Crippen MR) is 64.6 cm³/mol. The quantitative estimate of drug-likeness (QED) is 0.852. The molecule has 0 saturated heterocycles. The summed E-state index contributed by atoms with van der Waals surface area (Å²) in [6.45, 7) is 0. The number of thioether (sulfide) groups is 1. The fraction of sp³-hybridized carbons (Fsp3) is 0.0833. The van der Waals surface area contributed by atoms with Crippen molar-refractivity contribution in [3.63, 3.8) is 0 Å². The lowest BCUT2D eigenvalue weighted by Crippen LogP contribution is -1.92. The van der Waals surface area contributed by atoms with E-state index in [1.165, 1.54) is 23.9 Å². The summed E-state index contributed by atoms with van der Waals surface area (Å²) in [6, 6.07) is 6.93. The third-order valence-electron chi connectivity index (χ3n) is 2.10. The van der Waals surface area contributed by atoms with Crippen molar-refractivity contribution >= 4 is 17.4 Å². The van der Waals surface area contributed by atoms with Crippen LogP contribution < -0.4 is 5.73 Å². The summed E-state index contributed by atoms with van der Waals surface area (Å²) in [5, 5.41) is 0.664. The van der Waals surface area contributed by atoms with Crippen LogP contribution in [0.4, 0.5) is 14.5 Å². The highest BCUT2D eigenvalue weighted by molar-refractivity contribution is 7.98. The van der Waals surface area contributed by atoms with Crippen molar-refractivity contribution in [2.24, 2.45) is 0 Å². The van der Waals surface area contributed by atoms with Crippen LogP contribution in [0.15, 0.2) is 41.6 Å². The third kappa shape index (κ3) is 3.17. The Morgan fingerprint density at radius 1 is 1.18 bits per heavy atom. The van der Waals surface area contributed by atoms with Crippen molar-refractivity contribution in [3.8, 4) is 0 Å². The number of aromatic nitrogens is 1. The molecule has 5 heteroatoms. The minimum Gasteiger partial charge on any atom is -0.397 e. The van der Waals surface area contributed by atoms with E-state index in [9.17, 15) is 8.78 Å². The Bertz CT molecular complexity index is 511. The Morgan fingerprint density at radius 2 is 1.88 bits per heavy atom. The number of anilines is 1. The minimum atomic E-state index is -0.574. The number of nitrogen functional groups attached to an aromatic ring is 1. The van der Waals surface area contributed by atoms with E-state index in [1.54, 1.807) is 18.3 Å². The van der Waals surface area contributed by atoms with E-state index in [1.807, 2.05) is 0 Å². The van der Waals surface area contributed by atoms with Crippen molar-refractivity contribution in [3.05, 3.63) is 53.7 Å². The second kappa shape index (κ2) is 5.14. The van der Waals surface area contributed by atoms with Crippen LogP contribution >= 0.6 is 11.8 Å². The van der Waals surface area contributed by atoms with Crippen LogP contribution in [0, 0.1) is 11.6 Å². The summed E-state index contributed by atoms with van der Waals surface area (Å²) in [5.74, 6) is -0.722. The molecule has 0 spiro atoms. The van der Waals surface area contributed by atoms with Crippen molar-refractivity contribution in [2.75, 3.05) is 5.73 Å². The fourth-order valence-corrected chi connectivity index (χ4v) is 2.21. The number of hydrogen-bond acceptors (Lipinski definition) is 3. The summed E-state index contributed by atoms with van der Waals surface area (Å²) in [6.07, 6.45) is 1.63. The SMILES string of the molecule is Nc1cccnc1SCc1cc(F)cc(F)c1. The van der Waals surface area contributed by atoms with Gasteiger partial charge >= 0.3 is 0 Å². The molecular weight excluding hydrogens is 242 g/mol. The molecule has 1 aromatic carbocycles. The van der Waals surface area contributed by atoms with Gasteiger partial charge in [0.1, 0.15) is 16.7 Å². The molecule has 0 unspecified atom stereocenters. The largest absolute Gasteiger partial charge is 0.397 e. The van der Waals surface area contributed by atoms with E-state index < -0.39 is 11.6 Å². The molecule has 88 valence electrons. The number of hydrogen-bond donors (Lipinski definition) is 1. The molecule has 2 aromatic rings. The maximum Gasteiger partial charge on any atom is 0.126 e. The summed E-state index contributed by atoms with van der Waals surface area (Å²) >= 11 is 1.35. The van der Waals surface area contributed by atoms with Gasteiger partial charge in [-0.15, -0.1) is 0 Å². The molecule has 1 aromatic heterocycles. The van der Waals surface area contributed by atoms with Crippen molar-refractivity contribution in [2.45, 2.75) is 10.8 Å². The van der Waals surface area contributed by atoms with Gasteiger partial charge in [-0.2, -0.15) is 0 Å². The molecule has 2 N–H and O–H groups in total. The second-order valence-electron chi connectivity index (χ2n) is 3.46. The number of rotatable bonds is 3. The fourth-order valence-electron chi connectivity index (χ4n) is 1.37. The number of nitrogens with zero attached hydrogens (tertiary/aromatic N) is 1. The summed E-state index contributed by atoms with van der Waals surface area (Å²) in [7, 11) is 0. The molecular formula is C12H10F2N2S. The number of nitrogens with two attached hydrogens (primary N) is 1. The first-order valence-electron chi connectivity index (χ1n) is 4.93. The van der Waals surface area contributed by atoms with E-state index in [-0.39, 0.29) is 0 Å². The van der Waals surface area contributed by atoms with Gasteiger partial charge in [0.15, 0.2) is 0 Å². The van der Waals surface area contributed by atoms with E-state index in [2.05, 4.69) is 4.98 Å². The number of halogens is 2. The molecule has 0 radical (unpaired) electrons. The Balaban J connectivity index is 2.10. The molecule has 0 fully saturated rings. The van der Waals surface area contributed by atoms with Gasteiger partial charge in [0.2, 0.25) is 0 Å². The molecule has 0 aliphatic carbocycles. The zero-order valence-corrected chi connectivity index (χ0v) is 9.68. The van der Waals surface area contributed by atoms with Gasteiger partial charge in [-0.3, -0.25) is 0 Å². The van der Waals surface area contributed by atoms with E-state index in [0.29, 0.717) is 22.0 Å². The molecule has 2 nitrogen and oxygen atoms in total. The van der Waals surface area contributed by atoms with Crippen LogP contribution in [0.3, 0.4) is 0 Å². The second-order valence-corrected chi connectivity index (χ2v) is 4.43. The lowest BCUT2D eigenvalue weighted by atomic mass is 10.2. The smallest absolute Gasteiger partial charge is 0.126 e. The molecule has 0 saturated carbocycles. The molecule has 0 aliphatic rings. The van der Waals surface area contributed by atoms with Gasteiger partial charge < -0.3 is 5.73 Å². The average Bonchev–Trinajstić information content (AvgIpc) is 2.27. The van der Waals surface area contributed by atoms with E-state index >= 15 is 0 Å². The monoisotopic (exact) mass is 252 g/mol. The van der Waals surface area contributed by atoms with Crippen LogP contribution in [0.1, 0.15) is 5.56 Å². The molecule has 0 bridgehead atoms. The lowest BCUT2D eigenvalue weighted by molar-refractivity contribution is 0.581. The zero-order valence-electron chi connectivity index (χ0n) is 8.86. The first-order valence-corrected chi connectivity index (χ1v) is 5.92. The number of benzene rings is 1. The Labute approximate surface area is 102 Å². The van der Waals surface area contributed by atoms with Gasteiger partial charge in [0, 0.05) is 18.0 Å². The average molecular weight is 252 g/mol. The molecule has 0 aliphatic heterocycles. The molecule has 0 atom stereocenters. The minimum absolute atomic E-state index is 0.426. The Morgan fingerprint density at radius 3 is 2.53 bits per heavy atom. The van der Waals surface area contributed by atoms with Gasteiger partial charge in [-0.25, -0.2) is 13.8 Å². The molecule has 17 heavy (non-hydrogen) atoms. The van der Waals surface area contributed by atoms with Crippen LogP contribution in [-0.4, -0.2) is 4.98 Å². The summed E-state index contributed by atoms with van der Waals surface area (Å²) in [4.78, 5) is 4.09. The van der Waals surface area contributed by atoms with E-state index in [4.69, 9.17) is 5.73 Å². The Hall–Kier alpha value is -1.62. The van der Waals surface area contributed by atoms with Crippen molar-refractivity contribution < 1.29 is 8.78 Å². The van der Waals surface area contributed by atoms with Crippen LogP contribution in [0.2, 0.25) is 0 Å². The van der Waals surface area contributed by atoms with Gasteiger partial charge in [-0.05, 0) is 29.8 Å². The Kier molecular flexibility index (Phi) is 3.58. The predicted octanol–water partition coefficient (Wildman–Crippen LogP) is 3.23. The standard InChI is InChI=1S/C12H10F2N2S/c13-9-4-8(5-10(14)6-9)7-17-12-11(15)2-1-3-16-12/h1-6H,7,15H2. The highest BCUT2D eigenvalue weighted by Gasteiger charge is 2.04. The number of pyridine rings is 1. The zero-order chi connectivity index (χ0) is 12.3. The normalized spacial score (nSPS) is 10.5. The van der Waals surface area contributed by atoms with Crippen LogP contribution in [0.5, 0.6) is 0 Å². The maximum atomic E-state index is 12.9. The lowest BCUT2D eigenvalue weighted by Gasteiger charge is -2.04. The van der Waals surface area contributed by atoms with Gasteiger partial charge in [-0.1, -0.05) is 11.8 Å². The van der Waals surface area contributed by atoms with Crippen LogP contribution in [-0.2, 0) is 5.75 Å². The molecule has 0 amide bonds. The highest BCUT2D eigenvalue weighted by Crippen LogP contribution is 2.25. The topological polar surface area (TPSA) is 38.9 Å². The first-order chi connectivity index (χ1) is 8.15. The van der Waals surface area contributed by atoms with Gasteiger partial charge in [0.05, 0.1) is 5.69 Å². The van der Waals surface area contributed by atoms with Crippen molar-refractivity contribution in [1.82, 2.24) is 4.98 Å². The molecule has 1 heterocycles. The summed E-state index contributed by atoms with van der Waals surface area (Å²) < 4.78 is 25.9. The molecule has 2 rings (SSSR count). The highest BCUT2D eigenvalue weighted by atomic mass is 32.2. The van der Waals surface area contributed by atoms with Crippen LogP contribution in [0.25, 0.3) is 0 Å². The van der Waals surface area contributed by atoms with Crippen molar-refractivity contribution in [1.29, 1.82) is 0 Å². The summed E-state index contributed by atoms with van der Waals surface area (Å²) in [5.41, 5.74) is 6.84.